The molecule has 1 saturated heterocycles. The van der Waals surface area contributed by atoms with Gasteiger partial charge in [0.25, 0.3) is 0 Å². The molecule has 0 aromatic heterocycles. The van der Waals surface area contributed by atoms with Crippen molar-refractivity contribution in [3.63, 3.8) is 0 Å². The maximum atomic E-state index is 11.2. The Morgan fingerprint density at radius 2 is 1.58 bits per heavy atom. The predicted octanol–water partition coefficient (Wildman–Crippen LogP) is 0.719. The molecule has 9 nitrogen and oxygen atoms in total. The molecule has 1 unspecified atom stereocenters. The van der Waals surface area contributed by atoms with E-state index in [9.17, 15) is 14.4 Å². The van der Waals surface area contributed by atoms with Gasteiger partial charge in [0.2, 0.25) is 0 Å². The van der Waals surface area contributed by atoms with E-state index < -0.39 is 23.4 Å². The Kier molecular flexibility index (Phi) is 8.66. The second-order valence-corrected chi connectivity index (χ2v) is 6.45. The van der Waals surface area contributed by atoms with Crippen LogP contribution in [0, 0.1) is 5.92 Å². The molecule has 138 valence electrons. The largest absolute Gasteiger partial charge is 0.481 e. The first-order valence-electron chi connectivity index (χ1n) is 8.23. The van der Waals surface area contributed by atoms with Gasteiger partial charge in [-0.3, -0.25) is 14.4 Å². The van der Waals surface area contributed by atoms with Gasteiger partial charge in [0.15, 0.2) is 0 Å². The standard InChI is InChI=1S/C15H27N3O6/c19-12(20)8-11-4-2-1-3-7-16-18-17-15(6-5-11,9-13(21)22)10-14(23)24/h11,16-18H,1-10H2,(H,19,20)(H,21,22)(H,23,24). The molecule has 0 aromatic rings. The molecule has 0 aliphatic carbocycles. The molecule has 1 rings (SSSR count). The minimum atomic E-state index is -1.18. The van der Waals surface area contributed by atoms with Crippen LogP contribution in [0.2, 0.25) is 0 Å². The lowest BCUT2D eigenvalue weighted by Gasteiger charge is -2.34. The Morgan fingerprint density at radius 1 is 0.917 bits per heavy atom. The number of aliphatic carboxylic acids is 3. The van der Waals surface area contributed by atoms with Crippen LogP contribution >= 0.6 is 0 Å². The molecule has 0 radical (unpaired) electrons. The van der Waals surface area contributed by atoms with Crippen LogP contribution in [0.4, 0.5) is 0 Å². The number of hydrogen-bond acceptors (Lipinski definition) is 6. The van der Waals surface area contributed by atoms with Gasteiger partial charge in [-0.25, -0.2) is 10.9 Å². The second-order valence-electron chi connectivity index (χ2n) is 6.45. The van der Waals surface area contributed by atoms with Crippen molar-refractivity contribution in [2.24, 2.45) is 5.92 Å². The van der Waals surface area contributed by atoms with Gasteiger partial charge in [-0.05, 0) is 31.6 Å². The van der Waals surface area contributed by atoms with Crippen LogP contribution in [0.1, 0.15) is 57.8 Å². The summed E-state index contributed by atoms with van der Waals surface area (Å²) in [5.41, 5.74) is 7.26. The zero-order chi connectivity index (χ0) is 18.0. The normalized spacial score (nSPS) is 22.8. The summed E-state index contributed by atoms with van der Waals surface area (Å²) in [5, 5.41) is 27.4. The van der Waals surface area contributed by atoms with Gasteiger partial charge in [-0.2, -0.15) is 5.53 Å². The minimum Gasteiger partial charge on any atom is -0.481 e. The molecule has 0 spiro atoms. The Bertz CT molecular complexity index is 427. The summed E-state index contributed by atoms with van der Waals surface area (Å²) in [6, 6.07) is 0. The molecular weight excluding hydrogens is 318 g/mol. The number of rotatable bonds is 6. The van der Waals surface area contributed by atoms with Crippen molar-refractivity contribution in [3.05, 3.63) is 0 Å². The molecule has 1 aliphatic rings. The van der Waals surface area contributed by atoms with Gasteiger partial charge in [-0.15, -0.1) is 0 Å². The second kappa shape index (κ2) is 10.2. The van der Waals surface area contributed by atoms with Crippen LogP contribution < -0.4 is 16.4 Å². The summed E-state index contributed by atoms with van der Waals surface area (Å²) in [5.74, 6) is -3.18. The van der Waals surface area contributed by atoms with Gasteiger partial charge >= 0.3 is 17.9 Å². The molecule has 0 bridgehead atoms. The van der Waals surface area contributed by atoms with Crippen molar-refractivity contribution in [1.82, 2.24) is 16.4 Å². The molecule has 6 N–H and O–H groups in total. The smallest absolute Gasteiger partial charge is 0.305 e. The van der Waals surface area contributed by atoms with E-state index in [2.05, 4.69) is 16.4 Å². The van der Waals surface area contributed by atoms with Gasteiger partial charge in [0.1, 0.15) is 0 Å². The SMILES string of the molecule is O=C(O)CC1CCCCCNNNC(CC(=O)O)(CC(=O)O)CC1. The molecule has 24 heavy (non-hydrogen) atoms. The van der Waals surface area contributed by atoms with E-state index in [1.165, 1.54) is 0 Å². The number of hydrogen-bond donors (Lipinski definition) is 6. The van der Waals surface area contributed by atoms with E-state index in [1.807, 2.05) is 0 Å². The maximum absolute atomic E-state index is 11.2. The third-order valence-electron chi connectivity index (χ3n) is 4.30. The predicted molar refractivity (Wildman–Crippen MR) is 85.0 cm³/mol. The highest BCUT2D eigenvalue weighted by Crippen LogP contribution is 2.28. The lowest BCUT2D eigenvalue weighted by Crippen LogP contribution is -2.59. The molecule has 9 heteroatoms. The fraction of sp³-hybridized carbons (Fsp3) is 0.800. The first-order chi connectivity index (χ1) is 11.3. The maximum Gasteiger partial charge on any atom is 0.305 e. The molecule has 1 fully saturated rings. The van der Waals surface area contributed by atoms with E-state index in [-0.39, 0.29) is 31.6 Å². The Hall–Kier alpha value is -1.71. The van der Waals surface area contributed by atoms with E-state index >= 15 is 0 Å². The lowest BCUT2D eigenvalue weighted by atomic mass is 9.82. The van der Waals surface area contributed by atoms with Crippen LogP contribution in [-0.2, 0) is 14.4 Å². The average molecular weight is 345 g/mol. The van der Waals surface area contributed by atoms with E-state index in [4.69, 9.17) is 15.3 Å². The number of hydrazine groups is 2. The number of carboxylic acids is 3. The molecule has 1 atom stereocenters. The summed E-state index contributed by atoms with van der Waals surface area (Å²) in [6.07, 6.45) is 3.51. The zero-order valence-electron chi connectivity index (χ0n) is 13.7. The van der Waals surface area contributed by atoms with Crippen LogP contribution in [0.5, 0.6) is 0 Å². The first kappa shape index (κ1) is 20.3. The number of carboxylic acid groups (broad SMARTS) is 3. The third-order valence-corrected chi connectivity index (χ3v) is 4.30. The highest BCUT2D eigenvalue weighted by molar-refractivity contribution is 5.73. The molecule has 0 amide bonds. The zero-order valence-corrected chi connectivity index (χ0v) is 13.7. The summed E-state index contributed by atoms with van der Waals surface area (Å²) in [7, 11) is 0. The quantitative estimate of drug-likeness (QED) is 0.409. The van der Waals surface area contributed by atoms with Gasteiger partial charge < -0.3 is 15.3 Å². The van der Waals surface area contributed by atoms with Crippen LogP contribution in [0.3, 0.4) is 0 Å². The molecule has 0 aromatic carbocycles. The highest BCUT2D eigenvalue weighted by Gasteiger charge is 2.36. The minimum absolute atomic E-state index is 0.0158. The Labute approximate surface area is 140 Å². The third kappa shape index (κ3) is 8.23. The number of carbonyl (C=O) groups is 3. The monoisotopic (exact) mass is 345 g/mol. The topological polar surface area (TPSA) is 148 Å². The summed E-state index contributed by atoms with van der Waals surface area (Å²) in [6.45, 7) is 0.646. The Morgan fingerprint density at radius 3 is 2.17 bits per heavy atom. The fourth-order valence-corrected chi connectivity index (χ4v) is 3.11. The van der Waals surface area contributed by atoms with Crippen molar-refractivity contribution in [2.45, 2.75) is 63.3 Å². The van der Waals surface area contributed by atoms with Crippen LogP contribution in [0.25, 0.3) is 0 Å². The average Bonchev–Trinajstić information content (AvgIpc) is 2.44. The summed E-state index contributed by atoms with van der Waals surface area (Å²) >= 11 is 0. The van der Waals surface area contributed by atoms with Gasteiger partial charge in [0.05, 0.1) is 18.4 Å². The van der Waals surface area contributed by atoms with Crippen molar-refractivity contribution in [2.75, 3.05) is 6.54 Å². The molecule has 0 saturated carbocycles. The van der Waals surface area contributed by atoms with Crippen LogP contribution in [-0.4, -0.2) is 45.3 Å². The Balaban J connectivity index is 2.90. The van der Waals surface area contributed by atoms with Crippen molar-refractivity contribution < 1.29 is 29.7 Å². The van der Waals surface area contributed by atoms with E-state index in [0.29, 0.717) is 13.0 Å². The summed E-state index contributed by atoms with van der Waals surface area (Å²) < 4.78 is 0. The van der Waals surface area contributed by atoms with Crippen LogP contribution in [0.15, 0.2) is 0 Å². The fourth-order valence-electron chi connectivity index (χ4n) is 3.11. The molecule has 1 aliphatic heterocycles. The van der Waals surface area contributed by atoms with E-state index in [0.717, 1.165) is 25.7 Å². The van der Waals surface area contributed by atoms with Gasteiger partial charge in [-0.1, -0.05) is 12.8 Å². The van der Waals surface area contributed by atoms with Crippen molar-refractivity contribution >= 4 is 17.9 Å². The lowest BCUT2D eigenvalue weighted by molar-refractivity contribution is -0.143. The molecular formula is C15H27N3O6. The highest BCUT2D eigenvalue weighted by atomic mass is 16.4. The van der Waals surface area contributed by atoms with E-state index in [1.54, 1.807) is 0 Å². The molecule has 1 heterocycles. The number of nitrogens with one attached hydrogen (secondary N) is 3. The summed E-state index contributed by atoms with van der Waals surface area (Å²) in [4.78, 5) is 33.5. The first-order valence-corrected chi connectivity index (χ1v) is 8.23. The van der Waals surface area contributed by atoms with Gasteiger partial charge in [0, 0.05) is 13.0 Å². The van der Waals surface area contributed by atoms with Crippen molar-refractivity contribution in [1.29, 1.82) is 0 Å². The van der Waals surface area contributed by atoms with Crippen molar-refractivity contribution in [3.8, 4) is 0 Å².